The molecule has 0 bridgehead atoms. The Labute approximate surface area is 271 Å². The number of unbranched alkanes of at least 4 members (excludes halogenated alkanes) is 2. The molecule has 11 nitrogen and oxygen atoms in total. The van der Waals surface area contributed by atoms with Gasteiger partial charge >= 0.3 is 6.03 Å². The first kappa shape index (κ1) is 35.1. The Morgan fingerprint density at radius 2 is 1.65 bits per heavy atom. The largest absolute Gasteiger partial charge is 0.367 e. The molecule has 1 saturated carbocycles. The summed E-state index contributed by atoms with van der Waals surface area (Å²) in [7, 11) is -3.94. The van der Waals surface area contributed by atoms with Gasteiger partial charge in [0.25, 0.3) is 5.91 Å². The van der Waals surface area contributed by atoms with Crippen molar-refractivity contribution in [3.63, 3.8) is 0 Å². The molecule has 1 heterocycles. The minimum atomic E-state index is -3.94. The first-order chi connectivity index (χ1) is 21.6. The Hall–Kier alpha value is -3.77. The maximum Gasteiger partial charge on any atom is 0.315 e. The van der Waals surface area contributed by atoms with Crippen molar-refractivity contribution in [3.8, 4) is 11.1 Å². The zero-order valence-electron chi connectivity index (χ0n) is 27.2. The lowest BCUT2D eigenvalue weighted by atomic mass is 9.77. The summed E-state index contributed by atoms with van der Waals surface area (Å²) in [4.78, 5) is 54.5. The Kier molecular flexibility index (Phi) is 10.3. The van der Waals surface area contributed by atoms with E-state index in [-0.39, 0.29) is 12.2 Å². The maximum atomic E-state index is 14.3. The van der Waals surface area contributed by atoms with Gasteiger partial charge in [-0.3, -0.25) is 14.4 Å². The van der Waals surface area contributed by atoms with Crippen LogP contribution in [0.2, 0.25) is 0 Å². The molecule has 2 aliphatic rings. The fraction of sp³-hybridized carbons (Fsp3) is 0.529. The number of ketones is 1. The predicted molar refractivity (Wildman–Crippen MR) is 175 cm³/mol. The number of hydrogen-bond acceptors (Lipinski definition) is 7. The number of carbonyl (C=O) groups is 4. The van der Waals surface area contributed by atoms with Crippen LogP contribution in [0.25, 0.3) is 11.1 Å². The molecule has 1 aliphatic carbocycles. The summed E-state index contributed by atoms with van der Waals surface area (Å²) < 4.78 is 30.2. The van der Waals surface area contributed by atoms with E-state index in [0.29, 0.717) is 30.0 Å². The molecule has 12 heteroatoms. The van der Waals surface area contributed by atoms with E-state index < -0.39 is 55.7 Å². The monoisotopic (exact) mass is 654 g/mol. The molecule has 0 spiro atoms. The number of primary amides is 1. The van der Waals surface area contributed by atoms with Gasteiger partial charge in [0.1, 0.15) is 11.8 Å². The predicted octanol–water partition coefficient (Wildman–Crippen LogP) is 3.57. The van der Waals surface area contributed by atoms with Crippen LogP contribution >= 0.6 is 0 Å². The number of nitrogens with two attached hydrogens (primary N) is 1. The molecule has 1 aliphatic heterocycles. The number of nitrogens with one attached hydrogen (secondary N) is 3. The number of rotatable bonds is 16. The summed E-state index contributed by atoms with van der Waals surface area (Å²) in [6.45, 7) is 6.47. The van der Waals surface area contributed by atoms with Crippen molar-refractivity contribution in [2.75, 3.05) is 12.8 Å². The molecule has 1 saturated heterocycles. The van der Waals surface area contributed by atoms with Gasteiger partial charge in [-0.2, -0.15) is 0 Å². The Bertz CT molecular complexity index is 1570. The first-order valence-electron chi connectivity index (χ1n) is 15.8. The Balaban J connectivity index is 1.82. The summed E-state index contributed by atoms with van der Waals surface area (Å²) in [5.41, 5.74) is 4.06. The van der Waals surface area contributed by atoms with Crippen molar-refractivity contribution in [2.24, 2.45) is 11.7 Å². The summed E-state index contributed by atoms with van der Waals surface area (Å²) in [5, 5.41) is 8.01. The fourth-order valence-electron chi connectivity index (χ4n) is 5.79. The molecule has 4 amide bonds. The van der Waals surface area contributed by atoms with Gasteiger partial charge < -0.3 is 26.4 Å². The molecule has 2 aromatic rings. The first-order valence-corrected chi connectivity index (χ1v) is 17.7. The summed E-state index contributed by atoms with van der Waals surface area (Å²) in [6.07, 6.45) is 5.29. The standard InChI is InChI=1S/C34H46N4O7S/c1-6-7-9-18-26(39)27(25-17-13-12-16-24(25)23-14-10-8-11-15-23)34(33(4,45-34)30(35)41)38-29(40)28(32(2,3)46(5,43)44)37-31(42)36-21-22-19-20-22/h8,10-17,22,27-28H,6-7,9,18-21H2,1-5H3,(H2,35,41)(H,38,40)(H2,36,37,42)/t27?,28-,33-,34+/m1/s1. The Morgan fingerprint density at radius 3 is 2.22 bits per heavy atom. The molecule has 4 atom stereocenters. The van der Waals surface area contributed by atoms with E-state index >= 15 is 0 Å². The molecule has 5 N–H and O–H groups in total. The highest BCUT2D eigenvalue weighted by Crippen LogP contribution is 2.56. The number of ether oxygens (including phenoxy) is 1. The van der Waals surface area contributed by atoms with Crippen LogP contribution < -0.4 is 21.7 Å². The molecule has 46 heavy (non-hydrogen) atoms. The second kappa shape index (κ2) is 13.5. The van der Waals surface area contributed by atoms with E-state index in [1.165, 1.54) is 20.8 Å². The number of urea groups is 1. The van der Waals surface area contributed by atoms with Crippen molar-refractivity contribution in [2.45, 2.75) is 94.3 Å². The molecular weight excluding hydrogens is 608 g/mol. The van der Waals surface area contributed by atoms with Crippen LogP contribution in [-0.4, -0.2) is 67.0 Å². The summed E-state index contributed by atoms with van der Waals surface area (Å²) in [5.74, 6) is -3.00. The van der Waals surface area contributed by atoms with Crippen LogP contribution in [0.3, 0.4) is 0 Å². The van der Waals surface area contributed by atoms with Crippen LogP contribution in [0.5, 0.6) is 0 Å². The van der Waals surface area contributed by atoms with Gasteiger partial charge in [0.15, 0.2) is 21.2 Å². The van der Waals surface area contributed by atoms with Crippen LogP contribution in [-0.2, 0) is 29.0 Å². The van der Waals surface area contributed by atoms with Gasteiger partial charge in [-0.1, -0.05) is 74.4 Å². The second-order valence-corrected chi connectivity index (χ2v) is 15.7. The van der Waals surface area contributed by atoms with E-state index in [1.54, 1.807) is 12.1 Å². The number of sulfone groups is 1. The van der Waals surface area contributed by atoms with Gasteiger partial charge in [0.2, 0.25) is 5.91 Å². The lowest BCUT2D eigenvalue weighted by Crippen LogP contribution is -2.65. The van der Waals surface area contributed by atoms with Crippen LogP contribution in [0.15, 0.2) is 54.6 Å². The highest BCUT2D eigenvalue weighted by atomic mass is 32.2. The number of hydrogen-bond donors (Lipinski definition) is 4. The smallest absolute Gasteiger partial charge is 0.315 e. The zero-order chi connectivity index (χ0) is 33.9. The number of epoxide rings is 1. The third-order valence-corrected chi connectivity index (χ3v) is 11.5. The van der Waals surface area contributed by atoms with E-state index in [4.69, 9.17) is 10.5 Å². The SMILES string of the molecule is CCCCCC(=O)C(c1ccccc1-c1ccccc1)[C@]1(NC(=O)[C@@H](NC(=O)NCC2CC2)C(C)(C)S(C)(=O)=O)O[C@]1(C)C(N)=O. The molecule has 1 unspecified atom stereocenters. The van der Waals surface area contributed by atoms with Gasteiger partial charge in [-0.05, 0) is 62.6 Å². The topological polar surface area (TPSA) is 177 Å². The zero-order valence-corrected chi connectivity index (χ0v) is 28.0. The lowest BCUT2D eigenvalue weighted by Gasteiger charge is -2.35. The van der Waals surface area contributed by atoms with E-state index in [1.807, 2.05) is 49.4 Å². The van der Waals surface area contributed by atoms with Crippen LogP contribution in [0.4, 0.5) is 4.79 Å². The van der Waals surface area contributed by atoms with Crippen molar-refractivity contribution < 1.29 is 32.3 Å². The normalized spacial score (nSPS) is 22.3. The maximum absolute atomic E-state index is 14.3. The molecule has 2 fully saturated rings. The number of carbonyl (C=O) groups excluding carboxylic acids is 4. The molecule has 2 aromatic carbocycles. The van der Waals surface area contributed by atoms with Crippen molar-refractivity contribution >= 4 is 33.5 Å². The average Bonchev–Trinajstić information content (AvgIpc) is 3.92. The average molecular weight is 655 g/mol. The van der Waals surface area contributed by atoms with Crippen molar-refractivity contribution in [1.29, 1.82) is 0 Å². The second-order valence-electron chi connectivity index (χ2n) is 13.1. The minimum Gasteiger partial charge on any atom is -0.367 e. The molecule has 4 rings (SSSR count). The quantitative estimate of drug-likeness (QED) is 0.158. The third kappa shape index (κ3) is 7.12. The fourth-order valence-corrected chi connectivity index (χ4v) is 6.38. The number of amides is 4. The lowest BCUT2D eigenvalue weighted by molar-refractivity contribution is -0.128. The molecular formula is C34H46N4O7S. The van der Waals surface area contributed by atoms with Gasteiger partial charge in [-0.25, -0.2) is 13.2 Å². The molecule has 250 valence electrons. The van der Waals surface area contributed by atoms with E-state index in [0.717, 1.165) is 37.5 Å². The van der Waals surface area contributed by atoms with Gasteiger partial charge in [0.05, 0.1) is 10.7 Å². The van der Waals surface area contributed by atoms with Crippen LogP contribution in [0.1, 0.15) is 77.7 Å². The van der Waals surface area contributed by atoms with E-state index in [9.17, 15) is 27.6 Å². The highest BCUT2D eigenvalue weighted by Gasteiger charge is 2.77. The van der Waals surface area contributed by atoms with Gasteiger partial charge in [0, 0.05) is 19.2 Å². The van der Waals surface area contributed by atoms with Crippen LogP contribution in [0, 0.1) is 5.92 Å². The summed E-state index contributed by atoms with van der Waals surface area (Å²) >= 11 is 0. The number of benzene rings is 2. The Morgan fingerprint density at radius 1 is 1.02 bits per heavy atom. The number of Topliss-reactive ketones (excluding diaryl/α,β-unsaturated/α-hetero) is 1. The van der Waals surface area contributed by atoms with Gasteiger partial charge in [-0.15, -0.1) is 0 Å². The van der Waals surface area contributed by atoms with Crippen molar-refractivity contribution in [1.82, 2.24) is 16.0 Å². The van der Waals surface area contributed by atoms with Crippen molar-refractivity contribution in [3.05, 3.63) is 60.2 Å². The molecule has 0 aromatic heterocycles. The van der Waals surface area contributed by atoms with E-state index in [2.05, 4.69) is 16.0 Å². The highest BCUT2D eigenvalue weighted by molar-refractivity contribution is 7.92. The summed E-state index contributed by atoms with van der Waals surface area (Å²) in [6, 6.07) is 14.2. The third-order valence-electron chi connectivity index (χ3n) is 9.36. The molecule has 0 radical (unpaired) electrons. The minimum absolute atomic E-state index is 0.136.